The predicted molar refractivity (Wildman–Crippen MR) is 62.2 cm³/mol. The first-order chi connectivity index (χ1) is 7.52. The zero-order chi connectivity index (χ0) is 12.1. The number of hydrogen-bond acceptors (Lipinski definition) is 3. The smallest absolute Gasteiger partial charge is 0.312 e. The molecule has 0 aliphatic rings. The summed E-state index contributed by atoms with van der Waals surface area (Å²) in [5.41, 5.74) is 6.81. The van der Waals surface area contributed by atoms with Crippen LogP contribution in [0.5, 0.6) is 0 Å². The summed E-state index contributed by atoms with van der Waals surface area (Å²) in [6, 6.07) is -0.516. The van der Waals surface area contributed by atoms with Crippen LogP contribution in [0.1, 0.15) is 11.3 Å². The van der Waals surface area contributed by atoms with Gasteiger partial charge in [-0.2, -0.15) is 5.10 Å². The zero-order valence-electron chi connectivity index (χ0n) is 9.38. The van der Waals surface area contributed by atoms with Crippen LogP contribution >= 0.6 is 11.6 Å². The number of carbonyl (C=O) groups excluding carboxylic acids is 1. The van der Waals surface area contributed by atoms with E-state index in [-0.39, 0.29) is 0 Å². The fraction of sp³-hybridized carbons (Fsp3) is 0.556. The summed E-state index contributed by atoms with van der Waals surface area (Å²) in [7, 11) is 1.80. The van der Waals surface area contributed by atoms with Crippen LogP contribution in [0.25, 0.3) is 0 Å². The van der Waals surface area contributed by atoms with Gasteiger partial charge in [-0.1, -0.05) is 11.6 Å². The summed E-state index contributed by atoms with van der Waals surface area (Å²) in [4.78, 5) is 10.4. The standard InChI is InChI=1S/C9H16ClN5O/c1-6-7(8(10)15(2)14-6)5-12-3-4-13-9(11)16/h12H,3-5H2,1-2H3,(H3,11,13,16). The third-order valence-corrected chi connectivity index (χ3v) is 2.65. The van der Waals surface area contributed by atoms with Gasteiger partial charge in [-0.15, -0.1) is 0 Å². The second kappa shape index (κ2) is 5.72. The van der Waals surface area contributed by atoms with Crippen molar-refractivity contribution in [2.24, 2.45) is 12.8 Å². The van der Waals surface area contributed by atoms with E-state index in [2.05, 4.69) is 15.7 Å². The van der Waals surface area contributed by atoms with Crippen LogP contribution in [0.15, 0.2) is 0 Å². The van der Waals surface area contributed by atoms with E-state index >= 15 is 0 Å². The van der Waals surface area contributed by atoms with Crippen molar-refractivity contribution in [3.05, 3.63) is 16.4 Å². The molecule has 1 aromatic heterocycles. The lowest BCUT2D eigenvalue weighted by Crippen LogP contribution is -2.35. The van der Waals surface area contributed by atoms with Gasteiger partial charge in [-0.3, -0.25) is 4.68 Å². The molecule has 1 aromatic rings. The van der Waals surface area contributed by atoms with Crippen LogP contribution in [0.2, 0.25) is 5.15 Å². The van der Waals surface area contributed by atoms with Gasteiger partial charge in [0.2, 0.25) is 0 Å². The van der Waals surface area contributed by atoms with Crippen molar-refractivity contribution in [3.63, 3.8) is 0 Å². The molecule has 2 amide bonds. The van der Waals surface area contributed by atoms with E-state index in [1.54, 1.807) is 11.7 Å². The summed E-state index contributed by atoms with van der Waals surface area (Å²) >= 11 is 6.05. The monoisotopic (exact) mass is 245 g/mol. The molecule has 0 atom stereocenters. The summed E-state index contributed by atoms with van der Waals surface area (Å²) < 4.78 is 1.63. The van der Waals surface area contributed by atoms with Gasteiger partial charge in [0.15, 0.2) is 0 Å². The summed E-state index contributed by atoms with van der Waals surface area (Å²) in [6.45, 7) is 3.66. The molecule has 1 heterocycles. The summed E-state index contributed by atoms with van der Waals surface area (Å²) in [6.07, 6.45) is 0. The molecule has 0 bridgehead atoms. The number of urea groups is 1. The molecule has 7 heteroatoms. The highest BCUT2D eigenvalue weighted by Gasteiger charge is 2.09. The Hall–Kier alpha value is -1.27. The maximum absolute atomic E-state index is 10.4. The Labute approximate surface area is 99.1 Å². The molecule has 0 fully saturated rings. The number of nitrogens with zero attached hydrogens (tertiary/aromatic N) is 2. The maximum atomic E-state index is 10.4. The number of amides is 2. The maximum Gasteiger partial charge on any atom is 0.312 e. The first-order valence-electron chi connectivity index (χ1n) is 4.94. The van der Waals surface area contributed by atoms with E-state index in [9.17, 15) is 4.79 Å². The average Bonchev–Trinajstić information content (AvgIpc) is 2.43. The van der Waals surface area contributed by atoms with E-state index in [1.165, 1.54) is 0 Å². The molecule has 0 aliphatic carbocycles. The van der Waals surface area contributed by atoms with Crippen molar-refractivity contribution >= 4 is 17.6 Å². The largest absolute Gasteiger partial charge is 0.352 e. The number of nitrogens with one attached hydrogen (secondary N) is 2. The van der Waals surface area contributed by atoms with E-state index in [4.69, 9.17) is 17.3 Å². The second-order valence-electron chi connectivity index (χ2n) is 3.45. The van der Waals surface area contributed by atoms with Crippen LogP contribution in [-0.4, -0.2) is 28.9 Å². The normalized spacial score (nSPS) is 10.4. The fourth-order valence-electron chi connectivity index (χ4n) is 1.36. The van der Waals surface area contributed by atoms with Crippen molar-refractivity contribution in [2.75, 3.05) is 13.1 Å². The number of hydrogen-bond donors (Lipinski definition) is 3. The molecule has 6 nitrogen and oxygen atoms in total. The molecule has 1 rings (SSSR count). The van der Waals surface area contributed by atoms with Crippen molar-refractivity contribution in [1.29, 1.82) is 0 Å². The molecule has 0 saturated carbocycles. The minimum atomic E-state index is -0.516. The van der Waals surface area contributed by atoms with Gasteiger partial charge in [0.05, 0.1) is 5.69 Å². The zero-order valence-corrected chi connectivity index (χ0v) is 10.1. The number of primary amides is 1. The fourth-order valence-corrected chi connectivity index (χ4v) is 1.60. The number of aryl methyl sites for hydroxylation is 2. The topological polar surface area (TPSA) is 85.0 Å². The second-order valence-corrected chi connectivity index (χ2v) is 3.80. The van der Waals surface area contributed by atoms with Gasteiger partial charge in [0.1, 0.15) is 5.15 Å². The molecule has 0 unspecified atom stereocenters. The van der Waals surface area contributed by atoms with Crippen molar-refractivity contribution in [2.45, 2.75) is 13.5 Å². The Kier molecular flexibility index (Phi) is 4.57. The predicted octanol–water partition coefficient (Wildman–Crippen LogP) is 0.140. The van der Waals surface area contributed by atoms with Gasteiger partial charge in [0, 0.05) is 32.2 Å². The minimum absolute atomic E-state index is 0.492. The van der Waals surface area contributed by atoms with Gasteiger partial charge in [-0.25, -0.2) is 4.79 Å². The van der Waals surface area contributed by atoms with Crippen LogP contribution < -0.4 is 16.4 Å². The molecule has 0 aromatic carbocycles. The molecular formula is C9H16ClN5O. The lowest BCUT2D eigenvalue weighted by atomic mass is 10.2. The Morgan fingerprint density at radius 2 is 2.25 bits per heavy atom. The lowest BCUT2D eigenvalue weighted by Gasteiger charge is -2.04. The number of halogens is 1. The van der Waals surface area contributed by atoms with Crippen LogP contribution in [0, 0.1) is 6.92 Å². The highest BCUT2D eigenvalue weighted by Crippen LogP contribution is 2.17. The number of rotatable bonds is 5. The van der Waals surface area contributed by atoms with Gasteiger partial charge >= 0.3 is 6.03 Å². The van der Waals surface area contributed by atoms with Crippen molar-refractivity contribution in [1.82, 2.24) is 20.4 Å². The van der Waals surface area contributed by atoms with Crippen LogP contribution in [-0.2, 0) is 13.6 Å². The van der Waals surface area contributed by atoms with E-state index in [0.717, 1.165) is 11.3 Å². The van der Waals surface area contributed by atoms with Gasteiger partial charge in [0.25, 0.3) is 0 Å². The number of aromatic nitrogens is 2. The first kappa shape index (κ1) is 12.8. The third kappa shape index (κ3) is 3.39. The van der Waals surface area contributed by atoms with Crippen molar-refractivity contribution in [3.8, 4) is 0 Å². The molecule has 0 aliphatic heterocycles. The average molecular weight is 246 g/mol. The highest BCUT2D eigenvalue weighted by atomic mass is 35.5. The number of carbonyl (C=O) groups is 1. The number of nitrogens with two attached hydrogens (primary N) is 1. The molecule has 16 heavy (non-hydrogen) atoms. The third-order valence-electron chi connectivity index (χ3n) is 2.17. The Bertz CT molecular complexity index is 376. The lowest BCUT2D eigenvalue weighted by molar-refractivity contribution is 0.249. The van der Waals surface area contributed by atoms with Gasteiger partial charge < -0.3 is 16.4 Å². The van der Waals surface area contributed by atoms with E-state index in [1.807, 2.05) is 6.92 Å². The quantitative estimate of drug-likeness (QED) is 0.645. The minimum Gasteiger partial charge on any atom is -0.352 e. The molecule has 90 valence electrons. The van der Waals surface area contributed by atoms with Gasteiger partial charge in [-0.05, 0) is 6.92 Å². The van der Waals surface area contributed by atoms with Crippen molar-refractivity contribution < 1.29 is 4.79 Å². The molecule has 4 N–H and O–H groups in total. The van der Waals surface area contributed by atoms with Crippen LogP contribution in [0.4, 0.5) is 4.79 Å². The Morgan fingerprint density at radius 3 is 2.75 bits per heavy atom. The van der Waals surface area contributed by atoms with E-state index < -0.39 is 6.03 Å². The van der Waals surface area contributed by atoms with Crippen LogP contribution in [0.3, 0.4) is 0 Å². The van der Waals surface area contributed by atoms with E-state index in [0.29, 0.717) is 24.8 Å². The summed E-state index contributed by atoms with van der Waals surface area (Å²) in [5.74, 6) is 0. The Balaban J connectivity index is 2.34. The summed E-state index contributed by atoms with van der Waals surface area (Å²) in [5, 5.41) is 10.5. The molecule has 0 saturated heterocycles. The first-order valence-corrected chi connectivity index (χ1v) is 5.32. The highest BCUT2D eigenvalue weighted by molar-refractivity contribution is 6.30. The molecular weight excluding hydrogens is 230 g/mol. The Morgan fingerprint density at radius 1 is 1.56 bits per heavy atom. The molecule has 0 spiro atoms. The SMILES string of the molecule is Cc1nn(C)c(Cl)c1CNCCNC(N)=O. The molecule has 0 radical (unpaired) electrons.